The molecule has 2 rings (SSSR count). The highest BCUT2D eigenvalue weighted by atomic mass is 16.6. The number of hydrazine groups is 1. The fourth-order valence-corrected chi connectivity index (χ4v) is 1.44. The molecule has 0 radical (unpaired) electrons. The number of nitrogen functional groups attached to an aromatic ring is 1. The number of anilines is 2. The Morgan fingerprint density at radius 2 is 2.30 bits per heavy atom. The van der Waals surface area contributed by atoms with Crippen LogP contribution in [0.2, 0.25) is 0 Å². The van der Waals surface area contributed by atoms with Crippen molar-refractivity contribution in [3.05, 3.63) is 28.0 Å². The Bertz CT molecular complexity index is 613. The lowest BCUT2D eigenvalue weighted by molar-refractivity contribution is -0.384. The molecule has 2 aromatic heterocycles. The molecule has 4 N–H and O–H groups in total. The van der Waals surface area contributed by atoms with Gasteiger partial charge in [-0.2, -0.15) is 9.97 Å². The highest BCUT2D eigenvalue weighted by Gasteiger charge is 2.17. The number of aryl methyl sites for hydroxylation is 1. The summed E-state index contributed by atoms with van der Waals surface area (Å²) in [7, 11) is 0. The van der Waals surface area contributed by atoms with Gasteiger partial charge in [0.15, 0.2) is 5.82 Å². The molecule has 0 spiro atoms. The number of hydrogen-bond acceptors (Lipinski definition) is 10. The first-order valence-corrected chi connectivity index (χ1v) is 5.61. The van der Waals surface area contributed by atoms with E-state index in [1.807, 2.05) is 0 Å². The largest absolute Gasteiger partial charge is 0.364 e. The van der Waals surface area contributed by atoms with E-state index < -0.39 is 4.92 Å². The Kier molecular flexibility index (Phi) is 4.00. The average molecular weight is 280 g/mol. The van der Waals surface area contributed by atoms with Crippen molar-refractivity contribution in [3.8, 4) is 0 Å². The van der Waals surface area contributed by atoms with E-state index in [2.05, 4.69) is 30.9 Å². The number of nitrogens with one attached hydrogen (secondary N) is 2. The predicted octanol–water partition coefficient (Wildman–Crippen LogP) is 0.0164. The van der Waals surface area contributed by atoms with Crippen LogP contribution < -0.4 is 16.6 Å². The Labute approximate surface area is 112 Å². The molecule has 0 bridgehead atoms. The predicted molar refractivity (Wildman–Crippen MR) is 67.7 cm³/mol. The van der Waals surface area contributed by atoms with Crippen molar-refractivity contribution in [2.24, 2.45) is 5.84 Å². The SMILES string of the molecule is Cc1nc(CCNc2nc(NN)ncc2[N+](=O)[O-])no1. The highest BCUT2D eigenvalue weighted by molar-refractivity contribution is 5.56. The summed E-state index contributed by atoms with van der Waals surface area (Å²) in [5, 5.41) is 17.4. The summed E-state index contributed by atoms with van der Waals surface area (Å²) < 4.78 is 4.82. The Morgan fingerprint density at radius 1 is 1.50 bits per heavy atom. The zero-order valence-corrected chi connectivity index (χ0v) is 10.5. The van der Waals surface area contributed by atoms with Crippen molar-refractivity contribution in [2.75, 3.05) is 17.3 Å². The zero-order chi connectivity index (χ0) is 14.5. The van der Waals surface area contributed by atoms with Crippen LogP contribution in [0.5, 0.6) is 0 Å². The van der Waals surface area contributed by atoms with Crippen LogP contribution in [0.15, 0.2) is 10.7 Å². The number of hydrogen-bond donors (Lipinski definition) is 3. The van der Waals surface area contributed by atoms with Gasteiger partial charge in [-0.25, -0.2) is 10.8 Å². The monoisotopic (exact) mass is 280 g/mol. The van der Waals surface area contributed by atoms with E-state index in [0.29, 0.717) is 24.7 Å². The van der Waals surface area contributed by atoms with E-state index in [1.165, 1.54) is 0 Å². The first-order valence-electron chi connectivity index (χ1n) is 5.61. The molecule has 0 aromatic carbocycles. The molecule has 0 atom stereocenters. The maximum absolute atomic E-state index is 10.9. The van der Waals surface area contributed by atoms with Crippen LogP contribution in [0, 0.1) is 17.0 Å². The van der Waals surface area contributed by atoms with Crippen LogP contribution in [0.4, 0.5) is 17.5 Å². The number of nitrogens with zero attached hydrogens (tertiary/aromatic N) is 5. The van der Waals surface area contributed by atoms with Gasteiger partial charge in [0.2, 0.25) is 17.7 Å². The highest BCUT2D eigenvalue weighted by Crippen LogP contribution is 2.21. The molecule has 0 unspecified atom stereocenters. The molecule has 106 valence electrons. The van der Waals surface area contributed by atoms with Crippen LogP contribution in [0.25, 0.3) is 0 Å². The third-order valence-corrected chi connectivity index (χ3v) is 2.31. The standard InChI is InChI=1S/C9H12N8O3/c1-5-13-7(16-20-5)2-3-11-8-6(17(18)19)4-12-9(14-8)15-10/h4H,2-3,10H2,1H3,(H2,11,12,14,15). The van der Waals surface area contributed by atoms with Gasteiger partial charge in [0, 0.05) is 19.9 Å². The van der Waals surface area contributed by atoms with Crippen molar-refractivity contribution in [1.82, 2.24) is 20.1 Å². The van der Waals surface area contributed by atoms with E-state index in [4.69, 9.17) is 10.4 Å². The fraction of sp³-hybridized carbons (Fsp3) is 0.333. The van der Waals surface area contributed by atoms with Gasteiger partial charge in [0.1, 0.15) is 6.20 Å². The van der Waals surface area contributed by atoms with E-state index >= 15 is 0 Å². The molecule has 11 heteroatoms. The van der Waals surface area contributed by atoms with Crippen molar-refractivity contribution in [2.45, 2.75) is 13.3 Å². The van der Waals surface area contributed by atoms with Crippen LogP contribution >= 0.6 is 0 Å². The molecule has 0 fully saturated rings. The third-order valence-electron chi connectivity index (χ3n) is 2.31. The molecule has 0 aliphatic carbocycles. The number of rotatable bonds is 6. The summed E-state index contributed by atoms with van der Waals surface area (Å²) in [6, 6.07) is 0. The van der Waals surface area contributed by atoms with E-state index in [1.54, 1.807) is 6.92 Å². The molecular weight excluding hydrogens is 268 g/mol. The minimum atomic E-state index is -0.582. The van der Waals surface area contributed by atoms with Gasteiger partial charge in [0.05, 0.1) is 4.92 Å². The minimum Gasteiger partial charge on any atom is -0.364 e. The van der Waals surface area contributed by atoms with Gasteiger partial charge in [-0.3, -0.25) is 15.5 Å². The molecule has 0 aliphatic heterocycles. The normalized spacial score (nSPS) is 10.3. The molecule has 11 nitrogen and oxygen atoms in total. The molecule has 2 aromatic rings. The van der Waals surface area contributed by atoms with Gasteiger partial charge in [-0.15, -0.1) is 0 Å². The molecule has 20 heavy (non-hydrogen) atoms. The van der Waals surface area contributed by atoms with Crippen LogP contribution in [0.1, 0.15) is 11.7 Å². The Hall–Kier alpha value is -2.82. The second-order valence-corrected chi connectivity index (χ2v) is 3.74. The molecule has 0 amide bonds. The first kappa shape index (κ1) is 13.6. The van der Waals surface area contributed by atoms with Crippen LogP contribution in [0.3, 0.4) is 0 Å². The summed E-state index contributed by atoms with van der Waals surface area (Å²) in [6.45, 7) is 2.03. The second kappa shape index (κ2) is 5.88. The molecule has 2 heterocycles. The van der Waals surface area contributed by atoms with E-state index in [-0.39, 0.29) is 17.5 Å². The summed E-state index contributed by atoms with van der Waals surface area (Å²) >= 11 is 0. The molecule has 0 saturated carbocycles. The Balaban J connectivity index is 2.05. The summed E-state index contributed by atoms with van der Waals surface area (Å²) in [6.07, 6.45) is 1.51. The summed E-state index contributed by atoms with van der Waals surface area (Å²) in [5.74, 6) is 6.27. The molecule has 0 saturated heterocycles. The van der Waals surface area contributed by atoms with E-state index in [0.717, 1.165) is 6.20 Å². The van der Waals surface area contributed by atoms with Crippen molar-refractivity contribution in [3.63, 3.8) is 0 Å². The van der Waals surface area contributed by atoms with Gasteiger partial charge >= 0.3 is 5.69 Å². The fourth-order valence-electron chi connectivity index (χ4n) is 1.44. The lowest BCUT2D eigenvalue weighted by atomic mass is 10.4. The van der Waals surface area contributed by atoms with Crippen molar-refractivity contribution in [1.29, 1.82) is 0 Å². The van der Waals surface area contributed by atoms with Crippen molar-refractivity contribution < 1.29 is 9.45 Å². The lowest BCUT2D eigenvalue weighted by Gasteiger charge is -2.06. The van der Waals surface area contributed by atoms with Gasteiger partial charge < -0.3 is 9.84 Å². The summed E-state index contributed by atoms with van der Waals surface area (Å²) in [4.78, 5) is 21.9. The van der Waals surface area contributed by atoms with Gasteiger partial charge in [-0.1, -0.05) is 5.16 Å². The topological polar surface area (TPSA) is 158 Å². The quantitative estimate of drug-likeness (QED) is 0.374. The number of aromatic nitrogens is 4. The second-order valence-electron chi connectivity index (χ2n) is 3.74. The van der Waals surface area contributed by atoms with Gasteiger partial charge in [0.25, 0.3) is 0 Å². The smallest absolute Gasteiger partial charge is 0.329 e. The molecule has 0 aliphatic rings. The third kappa shape index (κ3) is 3.14. The minimum absolute atomic E-state index is 0.0677. The summed E-state index contributed by atoms with van der Waals surface area (Å²) in [5.41, 5.74) is 1.98. The maximum atomic E-state index is 10.9. The zero-order valence-electron chi connectivity index (χ0n) is 10.5. The van der Waals surface area contributed by atoms with E-state index in [9.17, 15) is 10.1 Å². The molecular formula is C9H12N8O3. The first-order chi connectivity index (χ1) is 9.60. The van der Waals surface area contributed by atoms with Crippen molar-refractivity contribution >= 4 is 17.5 Å². The van der Waals surface area contributed by atoms with Crippen LogP contribution in [-0.2, 0) is 6.42 Å². The number of nitrogens with two attached hydrogens (primary N) is 1. The van der Waals surface area contributed by atoms with Crippen LogP contribution in [-0.4, -0.2) is 31.6 Å². The van der Waals surface area contributed by atoms with Gasteiger partial charge in [-0.05, 0) is 0 Å². The lowest BCUT2D eigenvalue weighted by Crippen LogP contribution is -2.14. The Morgan fingerprint density at radius 3 is 2.90 bits per heavy atom. The number of nitro groups is 1. The average Bonchev–Trinajstić information content (AvgIpc) is 2.84. The maximum Gasteiger partial charge on any atom is 0.329 e.